The number of amides is 1. The van der Waals surface area contributed by atoms with Crippen LogP contribution in [0.15, 0.2) is 29.6 Å². The molecule has 0 bridgehead atoms. The molecule has 1 unspecified atom stereocenters. The van der Waals surface area contributed by atoms with E-state index in [1.165, 1.54) is 6.42 Å². The van der Waals surface area contributed by atoms with Crippen molar-refractivity contribution in [2.24, 2.45) is 5.92 Å². The molecule has 1 aromatic carbocycles. The first-order valence-electron chi connectivity index (χ1n) is 7.74. The number of thiazole rings is 1. The summed E-state index contributed by atoms with van der Waals surface area (Å²) < 4.78 is 0. The van der Waals surface area contributed by atoms with Gasteiger partial charge in [0.1, 0.15) is 0 Å². The Morgan fingerprint density at radius 3 is 2.92 bits per heavy atom. The van der Waals surface area contributed by atoms with Gasteiger partial charge in [0.25, 0.3) is 5.91 Å². The van der Waals surface area contributed by atoms with Crippen LogP contribution in [0, 0.1) is 12.8 Å². The maximum Gasteiger partial charge on any atom is 0.251 e. The summed E-state index contributed by atoms with van der Waals surface area (Å²) >= 11 is 1.62. The second-order valence-corrected chi connectivity index (χ2v) is 6.80. The molecule has 0 aliphatic carbocycles. The highest BCUT2D eigenvalue weighted by Gasteiger charge is 2.14. The van der Waals surface area contributed by atoms with Crippen molar-refractivity contribution in [3.63, 3.8) is 0 Å². The van der Waals surface area contributed by atoms with E-state index in [1.807, 2.05) is 36.6 Å². The first-order valence-corrected chi connectivity index (χ1v) is 8.62. The Labute approximate surface area is 159 Å². The topological polar surface area (TPSA) is 54.0 Å². The van der Waals surface area contributed by atoms with Crippen molar-refractivity contribution in [2.45, 2.75) is 19.8 Å². The van der Waals surface area contributed by atoms with Crippen molar-refractivity contribution in [3.8, 4) is 11.3 Å². The van der Waals surface area contributed by atoms with Crippen LogP contribution < -0.4 is 10.6 Å². The fourth-order valence-corrected chi connectivity index (χ4v) is 3.39. The fraction of sp³-hybridized carbons (Fsp3) is 0.412. The summed E-state index contributed by atoms with van der Waals surface area (Å²) in [4.78, 5) is 16.7. The number of carbonyl (C=O) groups excluding carboxylic acids is 1. The second kappa shape index (κ2) is 9.99. The number of hydrogen-bond acceptors (Lipinski definition) is 4. The third-order valence-electron chi connectivity index (χ3n) is 4.04. The summed E-state index contributed by atoms with van der Waals surface area (Å²) in [6, 6.07) is 7.69. The zero-order chi connectivity index (χ0) is 15.4. The summed E-state index contributed by atoms with van der Waals surface area (Å²) in [6.45, 7) is 4.91. The summed E-state index contributed by atoms with van der Waals surface area (Å²) in [7, 11) is 0. The van der Waals surface area contributed by atoms with E-state index in [1.54, 1.807) is 11.3 Å². The van der Waals surface area contributed by atoms with Gasteiger partial charge in [-0.05, 0) is 50.9 Å². The van der Waals surface area contributed by atoms with Crippen LogP contribution in [0.3, 0.4) is 0 Å². The summed E-state index contributed by atoms with van der Waals surface area (Å²) in [5.74, 6) is 0.698. The molecular formula is C17H23Cl2N3OS. The Morgan fingerprint density at radius 2 is 2.25 bits per heavy atom. The van der Waals surface area contributed by atoms with Crippen molar-refractivity contribution in [3.05, 3.63) is 40.2 Å². The SMILES string of the molecule is Cc1nc(-c2cccc(C(=O)NCCC3CCNC3)c2)cs1.Cl.Cl. The lowest BCUT2D eigenvalue weighted by molar-refractivity contribution is 0.0951. The highest BCUT2D eigenvalue weighted by atomic mass is 35.5. The lowest BCUT2D eigenvalue weighted by atomic mass is 10.0. The van der Waals surface area contributed by atoms with E-state index in [0.717, 1.165) is 42.3 Å². The van der Waals surface area contributed by atoms with Crippen LogP contribution in [0.25, 0.3) is 11.3 Å². The van der Waals surface area contributed by atoms with E-state index >= 15 is 0 Å². The number of benzene rings is 1. The molecule has 1 aliphatic heterocycles. The molecule has 7 heteroatoms. The van der Waals surface area contributed by atoms with Crippen LogP contribution in [0.5, 0.6) is 0 Å². The zero-order valence-electron chi connectivity index (χ0n) is 13.6. The first-order chi connectivity index (χ1) is 10.7. The van der Waals surface area contributed by atoms with Gasteiger partial charge in [0.15, 0.2) is 0 Å². The number of aryl methyl sites for hydroxylation is 1. The average molecular weight is 388 g/mol. The van der Waals surface area contributed by atoms with Crippen LogP contribution in [-0.2, 0) is 0 Å². The van der Waals surface area contributed by atoms with E-state index in [0.29, 0.717) is 11.5 Å². The first kappa shape index (κ1) is 20.9. The molecule has 1 atom stereocenters. The molecule has 0 radical (unpaired) electrons. The van der Waals surface area contributed by atoms with Gasteiger partial charge in [-0.2, -0.15) is 0 Å². The largest absolute Gasteiger partial charge is 0.352 e. The number of carbonyl (C=O) groups is 1. The molecule has 1 amide bonds. The monoisotopic (exact) mass is 387 g/mol. The molecule has 4 nitrogen and oxygen atoms in total. The van der Waals surface area contributed by atoms with Gasteiger partial charge in [-0.15, -0.1) is 36.2 Å². The van der Waals surface area contributed by atoms with Crippen LogP contribution in [0.1, 0.15) is 28.2 Å². The number of nitrogens with zero attached hydrogens (tertiary/aromatic N) is 1. The number of rotatable bonds is 5. The van der Waals surface area contributed by atoms with E-state index in [2.05, 4.69) is 15.6 Å². The highest BCUT2D eigenvalue weighted by Crippen LogP contribution is 2.22. The molecule has 2 aromatic rings. The fourth-order valence-electron chi connectivity index (χ4n) is 2.77. The van der Waals surface area contributed by atoms with Crippen LogP contribution in [0.2, 0.25) is 0 Å². The Morgan fingerprint density at radius 1 is 1.42 bits per heavy atom. The molecule has 3 rings (SSSR count). The highest BCUT2D eigenvalue weighted by molar-refractivity contribution is 7.09. The summed E-state index contributed by atoms with van der Waals surface area (Å²) in [5.41, 5.74) is 2.64. The molecule has 2 heterocycles. The molecular weight excluding hydrogens is 365 g/mol. The molecule has 24 heavy (non-hydrogen) atoms. The third-order valence-corrected chi connectivity index (χ3v) is 4.81. The number of aromatic nitrogens is 1. The third kappa shape index (κ3) is 5.45. The van der Waals surface area contributed by atoms with Crippen molar-refractivity contribution in [2.75, 3.05) is 19.6 Å². The number of hydrogen-bond donors (Lipinski definition) is 2. The van der Waals surface area contributed by atoms with Gasteiger partial charge in [0.2, 0.25) is 0 Å². The smallest absolute Gasteiger partial charge is 0.251 e. The normalized spacial score (nSPS) is 16.1. The number of nitrogens with one attached hydrogen (secondary N) is 2. The maximum absolute atomic E-state index is 12.3. The van der Waals surface area contributed by atoms with Crippen LogP contribution in [0.4, 0.5) is 0 Å². The predicted molar refractivity (Wildman–Crippen MR) is 105 cm³/mol. The minimum atomic E-state index is -0.000224. The van der Waals surface area contributed by atoms with Gasteiger partial charge in [-0.1, -0.05) is 12.1 Å². The Kier molecular flexibility index (Phi) is 8.70. The quantitative estimate of drug-likeness (QED) is 0.822. The molecule has 132 valence electrons. The average Bonchev–Trinajstić information content (AvgIpc) is 3.19. The van der Waals surface area contributed by atoms with Crippen molar-refractivity contribution >= 4 is 42.1 Å². The molecule has 0 saturated carbocycles. The summed E-state index contributed by atoms with van der Waals surface area (Å²) in [5, 5.41) is 9.44. The molecule has 1 aromatic heterocycles. The van der Waals surface area contributed by atoms with E-state index in [4.69, 9.17) is 0 Å². The van der Waals surface area contributed by atoms with Gasteiger partial charge in [0.05, 0.1) is 10.7 Å². The Bertz CT molecular complexity index is 657. The predicted octanol–water partition coefficient (Wildman–Crippen LogP) is 3.69. The van der Waals surface area contributed by atoms with Gasteiger partial charge >= 0.3 is 0 Å². The Balaban J connectivity index is 0.00000144. The van der Waals surface area contributed by atoms with E-state index in [-0.39, 0.29) is 30.7 Å². The van der Waals surface area contributed by atoms with Gasteiger partial charge in [0, 0.05) is 23.1 Å². The standard InChI is InChI=1S/C17H21N3OS.2ClH/c1-12-20-16(11-22-12)14-3-2-4-15(9-14)17(21)19-8-6-13-5-7-18-10-13;;/h2-4,9,11,13,18H,5-8,10H2,1H3,(H,19,21);2*1H. The summed E-state index contributed by atoms with van der Waals surface area (Å²) in [6.07, 6.45) is 2.26. The minimum Gasteiger partial charge on any atom is -0.352 e. The molecule has 2 N–H and O–H groups in total. The van der Waals surface area contributed by atoms with Gasteiger partial charge < -0.3 is 10.6 Å². The number of halogens is 2. The van der Waals surface area contributed by atoms with E-state index < -0.39 is 0 Å². The second-order valence-electron chi connectivity index (χ2n) is 5.74. The lowest BCUT2D eigenvalue weighted by Gasteiger charge is -2.10. The van der Waals surface area contributed by atoms with Gasteiger partial charge in [-0.3, -0.25) is 4.79 Å². The maximum atomic E-state index is 12.3. The minimum absolute atomic E-state index is 0. The van der Waals surface area contributed by atoms with Crippen molar-refractivity contribution in [1.82, 2.24) is 15.6 Å². The lowest BCUT2D eigenvalue weighted by Crippen LogP contribution is -2.26. The van der Waals surface area contributed by atoms with Crippen LogP contribution in [-0.4, -0.2) is 30.5 Å². The van der Waals surface area contributed by atoms with E-state index in [9.17, 15) is 4.79 Å². The molecule has 1 aliphatic rings. The Hall–Kier alpha value is -1.14. The van der Waals surface area contributed by atoms with Gasteiger partial charge in [-0.25, -0.2) is 4.98 Å². The molecule has 1 fully saturated rings. The van der Waals surface area contributed by atoms with Crippen molar-refractivity contribution < 1.29 is 4.79 Å². The van der Waals surface area contributed by atoms with Crippen molar-refractivity contribution in [1.29, 1.82) is 0 Å². The zero-order valence-corrected chi connectivity index (χ0v) is 16.0. The van der Waals surface area contributed by atoms with Crippen LogP contribution >= 0.6 is 36.2 Å². The molecule has 0 spiro atoms. The molecule has 1 saturated heterocycles.